The van der Waals surface area contributed by atoms with E-state index in [0.29, 0.717) is 0 Å². The molecule has 0 aliphatic rings. The molecule has 0 fully saturated rings. The molecule has 1 heterocycles. The van der Waals surface area contributed by atoms with Gasteiger partial charge in [0.2, 0.25) is 0 Å². The topological polar surface area (TPSA) is 37.3 Å². The SMILES string of the molecule is C/C=C\C=NCCNCc1ccccn1.CC. The highest BCUT2D eigenvalue weighted by molar-refractivity contribution is 5.70. The minimum Gasteiger partial charge on any atom is -0.309 e. The van der Waals surface area contributed by atoms with E-state index in [1.165, 1.54) is 0 Å². The highest BCUT2D eigenvalue weighted by Gasteiger charge is 1.90. The number of rotatable bonds is 6. The van der Waals surface area contributed by atoms with E-state index in [-0.39, 0.29) is 0 Å². The molecule has 0 unspecified atom stereocenters. The van der Waals surface area contributed by atoms with Crippen LogP contribution in [0.3, 0.4) is 0 Å². The number of nitrogens with zero attached hydrogens (tertiary/aromatic N) is 2. The second kappa shape index (κ2) is 12.6. The van der Waals surface area contributed by atoms with Gasteiger partial charge in [0.1, 0.15) is 0 Å². The van der Waals surface area contributed by atoms with Gasteiger partial charge in [0.25, 0.3) is 0 Å². The van der Waals surface area contributed by atoms with Crippen molar-refractivity contribution in [2.45, 2.75) is 27.3 Å². The lowest BCUT2D eigenvalue weighted by atomic mass is 10.3. The maximum atomic E-state index is 4.21. The first-order valence-electron chi connectivity index (χ1n) is 6.15. The van der Waals surface area contributed by atoms with E-state index in [9.17, 15) is 0 Å². The van der Waals surface area contributed by atoms with Gasteiger partial charge in [-0.3, -0.25) is 9.98 Å². The van der Waals surface area contributed by atoms with Gasteiger partial charge in [-0.05, 0) is 25.1 Å². The van der Waals surface area contributed by atoms with E-state index >= 15 is 0 Å². The molecule has 0 spiro atoms. The summed E-state index contributed by atoms with van der Waals surface area (Å²) in [5.74, 6) is 0. The van der Waals surface area contributed by atoms with Gasteiger partial charge in [-0.1, -0.05) is 26.0 Å². The number of aliphatic imine (C=N–C) groups is 1. The van der Waals surface area contributed by atoms with Crippen LogP contribution in [0.25, 0.3) is 0 Å². The summed E-state index contributed by atoms with van der Waals surface area (Å²) in [5, 5.41) is 3.28. The Morgan fingerprint density at radius 3 is 2.82 bits per heavy atom. The van der Waals surface area contributed by atoms with Crippen LogP contribution in [0.15, 0.2) is 41.5 Å². The monoisotopic (exact) mass is 233 g/mol. The third-order valence-electron chi connectivity index (χ3n) is 1.83. The predicted molar refractivity (Wildman–Crippen MR) is 75.5 cm³/mol. The maximum absolute atomic E-state index is 4.21. The van der Waals surface area contributed by atoms with E-state index in [1.54, 1.807) is 6.20 Å². The van der Waals surface area contributed by atoms with Gasteiger partial charge in [-0.25, -0.2) is 0 Å². The molecule has 0 bridgehead atoms. The van der Waals surface area contributed by atoms with Crippen molar-refractivity contribution in [3.05, 3.63) is 42.2 Å². The Morgan fingerprint density at radius 2 is 2.18 bits per heavy atom. The molecule has 0 amide bonds. The molecule has 3 nitrogen and oxygen atoms in total. The molecule has 1 aromatic rings. The fourth-order valence-electron chi connectivity index (χ4n) is 1.08. The third-order valence-corrected chi connectivity index (χ3v) is 1.83. The Bertz CT molecular complexity index is 305. The summed E-state index contributed by atoms with van der Waals surface area (Å²) >= 11 is 0. The van der Waals surface area contributed by atoms with Crippen LogP contribution in [-0.4, -0.2) is 24.3 Å². The van der Waals surface area contributed by atoms with Crippen molar-refractivity contribution in [2.75, 3.05) is 13.1 Å². The standard InChI is InChI=1S/C12H17N3.C2H6/c1-2-3-7-13-9-10-14-11-12-6-4-5-8-15-12;1-2/h2-8,14H,9-11H2,1H3;1-2H3/b3-2-,13-7?;. The molecular formula is C14H23N3. The van der Waals surface area contributed by atoms with E-state index in [2.05, 4.69) is 15.3 Å². The summed E-state index contributed by atoms with van der Waals surface area (Å²) in [4.78, 5) is 8.41. The molecule has 94 valence electrons. The molecular weight excluding hydrogens is 210 g/mol. The number of nitrogens with one attached hydrogen (secondary N) is 1. The van der Waals surface area contributed by atoms with Crippen LogP contribution < -0.4 is 5.32 Å². The molecule has 1 rings (SSSR count). The molecule has 0 aliphatic carbocycles. The highest BCUT2D eigenvalue weighted by atomic mass is 14.9. The fraction of sp³-hybridized carbons (Fsp3) is 0.429. The molecule has 3 heteroatoms. The van der Waals surface area contributed by atoms with Crippen LogP contribution in [0.1, 0.15) is 26.5 Å². The summed E-state index contributed by atoms with van der Waals surface area (Å²) < 4.78 is 0. The van der Waals surface area contributed by atoms with Gasteiger partial charge in [0, 0.05) is 25.5 Å². The van der Waals surface area contributed by atoms with Crippen LogP contribution in [0, 0.1) is 0 Å². The Hall–Kier alpha value is -1.48. The Balaban J connectivity index is 0.00000121. The number of pyridine rings is 1. The van der Waals surface area contributed by atoms with Crippen molar-refractivity contribution in [3.63, 3.8) is 0 Å². The summed E-state index contributed by atoms with van der Waals surface area (Å²) in [6.07, 6.45) is 7.52. The predicted octanol–water partition coefficient (Wildman–Crippen LogP) is 2.84. The molecule has 0 aliphatic heterocycles. The smallest absolute Gasteiger partial charge is 0.0541 e. The van der Waals surface area contributed by atoms with Crippen LogP contribution >= 0.6 is 0 Å². The molecule has 17 heavy (non-hydrogen) atoms. The fourth-order valence-corrected chi connectivity index (χ4v) is 1.08. The minimum atomic E-state index is 0.803. The lowest BCUT2D eigenvalue weighted by Crippen LogP contribution is -2.17. The summed E-state index contributed by atoms with van der Waals surface area (Å²) in [7, 11) is 0. The van der Waals surface area contributed by atoms with Crippen LogP contribution in [0.2, 0.25) is 0 Å². The first-order valence-corrected chi connectivity index (χ1v) is 6.15. The second-order valence-corrected chi connectivity index (χ2v) is 3.08. The summed E-state index contributed by atoms with van der Waals surface area (Å²) in [6, 6.07) is 5.93. The van der Waals surface area contributed by atoms with Crippen molar-refractivity contribution in [3.8, 4) is 0 Å². The lowest BCUT2D eigenvalue weighted by molar-refractivity contribution is 0.684. The highest BCUT2D eigenvalue weighted by Crippen LogP contribution is 1.91. The number of allylic oxidation sites excluding steroid dienone is 2. The zero-order chi connectivity index (χ0) is 12.8. The van der Waals surface area contributed by atoms with Crippen molar-refractivity contribution < 1.29 is 0 Å². The quantitative estimate of drug-likeness (QED) is 0.606. The third kappa shape index (κ3) is 9.45. The summed E-state index contributed by atoms with van der Waals surface area (Å²) in [5.41, 5.74) is 1.06. The second-order valence-electron chi connectivity index (χ2n) is 3.08. The average Bonchev–Trinajstić information content (AvgIpc) is 2.41. The Kier molecular flexibility index (Phi) is 11.5. The molecule has 1 N–H and O–H groups in total. The van der Waals surface area contributed by atoms with Crippen molar-refractivity contribution in [1.29, 1.82) is 0 Å². The summed E-state index contributed by atoms with van der Waals surface area (Å²) in [6.45, 7) is 8.47. The van der Waals surface area contributed by atoms with E-state index in [1.807, 2.05) is 57.3 Å². The van der Waals surface area contributed by atoms with E-state index < -0.39 is 0 Å². The largest absolute Gasteiger partial charge is 0.309 e. The van der Waals surface area contributed by atoms with Crippen molar-refractivity contribution in [1.82, 2.24) is 10.3 Å². The first kappa shape index (κ1) is 15.5. The molecule has 1 aromatic heterocycles. The van der Waals surface area contributed by atoms with Gasteiger partial charge in [-0.15, -0.1) is 0 Å². The Labute approximate surface area is 105 Å². The van der Waals surface area contributed by atoms with Gasteiger partial charge in [0.05, 0.1) is 12.2 Å². The number of aromatic nitrogens is 1. The lowest BCUT2D eigenvalue weighted by Gasteiger charge is -2.00. The van der Waals surface area contributed by atoms with E-state index in [4.69, 9.17) is 0 Å². The molecule has 0 aromatic carbocycles. The van der Waals surface area contributed by atoms with Crippen LogP contribution in [0.5, 0.6) is 0 Å². The maximum Gasteiger partial charge on any atom is 0.0541 e. The van der Waals surface area contributed by atoms with Crippen LogP contribution in [0.4, 0.5) is 0 Å². The van der Waals surface area contributed by atoms with Gasteiger partial charge in [0.15, 0.2) is 0 Å². The molecule has 0 atom stereocenters. The number of hydrogen-bond acceptors (Lipinski definition) is 3. The van der Waals surface area contributed by atoms with Gasteiger partial charge >= 0.3 is 0 Å². The normalized spacial score (nSPS) is 10.5. The molecule has 0 saturated carbocycles. The number of hydrogen-bond donors (Lipinski definition) is 1. The van der Waals surface area contributed by atoms with Gasteiger partial charge in [-0.2, -0.15) is 0 Å². The minimum absolute atomic E-state index is 0.803. The zero-order valence-electron chi connectivity index (χ0n) is 11.1. The molecule has 0 saturated heterocycles. The van der Waals surface area contributed by atoms with Crippen molar-refractivity contribution >= 4 is 6.21 Å². The zero-order valence-corrected chi connectivity index (χ0v) is 11.1. The Morgan fingerprint density at radius 1 is 1.35 bits per heavy atom. The van der Waals surface area contributed by atoms with Gasteiger partial charge < -0.3 is 5.32 Å². The average molecular weight is 233 g/mol. The first-order chi connectivity index (χ1) is 8.43. The van der Waals surface area contributed by atoms with E-state index in [0.717, 1.165) is 25.3 Å². The van der Waals surface area contributed by atoms with Crippen molar-refractivity contribution in [2.24, 2.45) is 4.99 Å². The molecule has 0 radical (unpaired) electrons. The van der Waals surface area contributed by atoms with Crippen LogP contribution in [-0.2, 0) is 6.54 Å².